The van der Waals surface area contributed by atoms with Crippen LogP contribution in [-0.2, 0) is 16.6 Å². The second-order valence-corrected chi connectivity index (χ2v) is 5.24. The second kappa shape index (κ2) is 5.51. The third-order valence-corrected chi connectivity index (χ3v) is 4.06. The lowest BCUT2D eigenvalue weighted by Crippen LogP contribution is -2.39. The zero-order valence-corrected chi connectivity index (χ0v) is 11.4. The van der Waals surface area contributed by atoms with Crippen LogP contribution in [0.1, 0.15) is 18.7 Å². The molecule has 2 heterocycles. The average molecular weight is 268 g/mol. The van der Waals surface area contributed by atoms with Crippen LogP contribution in [0.15, 0.2) is 5.16 Å². The molecular formula is C11H16N4O2S. The van der Waals surface area contributed by atoms with Gasteiger partial charge < -0.3 is 9.47 Å². The molecule has 1 aromatic heterocycles. The number of aromatic nitrogens is 3. The number of carbonyl (C=O) groups is 2. The van der Waals surface area contributed by atoms with Crippen LogP contribution in [0.25, 0.3) is 0 Å². The van der Waals surface area contributed by atoms with Gasteiger partial charge in [0.2, 0.25) is 5.91 Å². The van der Waals surface area contributed by atoms with Gasteiger partial charge in [0.05, 0.1) is 5.75 Å². The molecule has 0 N–H and O–H groups in total. The number of amides is 1. The van der Waals surface area contributed by atoms with Crippen molar-refractivity contribution in [3.63, 3.8) is 0 Å². The predicted molar refractivity (Wildman–Crippen MR) is 67.3 cm³/mol. The summed E-state index contributed by atoms with van der Waals surface area (Å²) in [4.78, 5) is 24.8. The Kier molecular flexibility index (Phi) is 4.00. The maximum atomic E-state index is 11.9. The Labute approximate surface area is 110 Å². The summed E-state index contributed by atoms with van der Waals surface area (Å²) >= 11 is 1.38. The van der Waals surface area contributed by atoms with Gasteiger partial charge >= 0.3 is 0 Å². The van der Waals surface area contributed by atoms with E-state index in [1.54, 1.807) is 4.90 Å². The summed E-state index contributed by atoms with van der Waals surface area (Å²) in [6.45, 7) is 2.97. The highest BCUT2D eigenvalue weighted by molar-refractivity contribution is 7.99. The van der Waals surface area contributed by atoms with Gasteiger partial charge in [0, 0.05) is 33.0 Å². The summed E-state index contributed by atoms with van der Waals surface area (Å²) < 4.78 is 1.86. The highest BCUT2D eigenvalue weighted by Gasteiger charge is 2.21. The Morgan fingerprint density at radius 1 is 1.33 bits per heavy atom. The Balaban J connectivity index is 1.85. The predicted octanol–water partition coefficient (Wildman–Crippen LogP) is 0.407. The lowest BCUT2D eigenvalue weighted by Gasteiger charge is -2.25. The van der Waals surface area contributed by atoms with Gasteiger partial charge in [-0.25, -0.2) is 0 Å². The number of piperidine rings is 1. The smallest absolute Gasteiger partial charge is 0.233 e. The molecule has 1 aliphatic rings. The summed E-state index contributed by atoms with van der Waals surface area (Å²) in [6, 6.07) is 0. The molecular weight excluding hydrogens is 252 g/mol. The van der Waals surface area contributed by atoms with Gasteiger partial charge in [0.25, 0.3) is 0 Å². The number of thioether (sulfide) groups is 1. The fourth-order valence-corrected chi connectivity index (χ4v) is 2.60. The zero-order chi connectivity index (χ0) is 13.1. The van der Waals surface area contributed by atoms with Crippen LogP contribution in [-0.4, -0.2) is 50.2 Å². The molecule has 98 valence electrons. The Morgan fingerprint density at radius 2 is 2.00 bits per heavy atom. The number of rotatable bonds is 3. The van der Waals surface area contributed by atoms with Crippen molar-refractivity contribution < 1.29 is 9.59 Å². The maximum Gasteiger partial charge on any atom is 0.233 e. The molecule has 6 nitrogen and oxygen atoms in total. The van der Waals surface area contributed by atoms with E-state index in [9.17, 15) is 9.59 Å². The van der Waals surface area contributed by atoms with E-state index in [2.05, 4.69) is 10.2 Å². The van der Waals surface area contributed by atoms with Gasteiger partial charge in [0.1, 0.15) is 11.6 Å². The third kappa shape index (κ3) is 2.90. The van der Waals surface area contributed by atoms with Crippen LogP contribution in [0.2, 0.25) is 0 Å². The first-order chi connectivity index (χ1) is 8.58. The van der Waals surface area contributed by atoms with Crippen molar-refractivity contribution in [1.29, 1.82) is 0 Å². The minimum atomic E-state index is 0.0631. The summed E-state index contributed by atoms with van der Waals surface area (Å²) in [5.41, 5.74) is 0. The van der Waals surface area contributed by atoms with Gasteiger partial charge in [-0.3, -0.25) is 9.59 Å². The number of nitrogens with zero attached hydrogens (tertiary/aromatic N) is 4. The van der Waals surface area contributed by atoms with Crippen molar-refractivity contribution in [1.82, 2.24) is 19.7 Å². The van der Waals surface area contributed by atoms with E-state index in [1.807, 2.05) is 18.5 Å². The third-order valence-electron chi connectivity index (χ3n) is 3.05. The van der Waals surface area contributed by atoms with Crippen LogP contribution in [0, 0.1) is 6.92 Å². The van der Waals surface area contributed by atoms with Crippen molar-refractivity contribution in [2.75, 3.05) is 18.8 Å². The topological polar surface area (TPSA) is 68.1 Å². The molecule has 7 heteroatoms. The minimum Gasteiger partial charge on any atom is -0.341 e. The second-order valence-electron chi connectivity index (χ2n) is 4.30. The molecule has 0 atom stereocenters. The summed E-state index contributed by atoms with van der Waals surface area (Å²) in [5, 5.41) is 8.68. The van der Waals surface area contributed by atoms with E-state index in [1.165, 1.54) is 11.8 Å². The summed E-state index contributed by atoms with van der Waals surface area (Å²) in [7, 11) is 1.88. The van der Waals surface area contributed by atoms with Crippen molar-refractivity contribution in [3.8, 4) is 0 Å². The lowest BCUT2D eigenvalue weighted by molar-refractivity contribution is -0.132. The van der Waals surface area contributed by atoms with Gasteiger partial charge in [0.15, 0.2) is 5.16 Å². The number of ketones is 1. The lowest BCUT2D eigenvalue weighted by atomic mass is 10.1. The van der Waals surface area contributed by atoms with Crippen molar-refractivity contribution in [2.45, 2.75) is 24.9 Å². The van der Waals surface area contributed by atoms with E-state index in [-0.39, 0.29) is 11.7 Å². The molecule has 18 heavy (non-hydrogen) atoms. The first-order valence-electron chi connectivity index (χ1n) is 5.86. The molecule has 1 aromatic rings. The number of carbonyl (C=O) groups excluding carboxylic acids is 2. The molecule has 2 rings (SSSR count). The number of Topliss-reactive ketones (excluding diaryl/α,β-unsaturated/α-hetero) is 1. The zero-order valence-electron chi connectivity index (χ0n) is 10.5. The number of hydrogen-bond donors (Lipinski definition) is 0. The molecule has 0 radical (unpaired) electrons. The minimum absolute atomic E-state index is 0.0631. The maximum absolute atomic E-state index is 11.9. The van der Waals surface area contributed by atoms with Crippen LogP contribution in [0.5, 0.6) is 0 Å². The van der Waals surface area contributed by atoms with Crippen molar-refractivity contribution in [3.05, 3.63) is 5.82 Å². The first kappa shape index (κ1) is 13.1. The summed E-state index contributed by atoms with van der Waals surface area (Å²) in [6.07, 6.45) is 0.971. The Bertz CT molecular complexity index is 462. The van der Waals surface area contributed by atoms with Gasteiger partial charge in [-0.15, -0.1) is 10.2 Å². The van der Waals surface area contributed by atoms with Crippen LogP contribution >= 0.6 is 11.8 Å². The first-order valence-corrected chi connectivity index (χ1v) is 6.85. The highest BCUT2D eigenvalue weighted by Crippen LogP contribution is 2.16. The standard InChI is InChI=1S/C11H16N4O2S/c1-8-12-13-11(14(8)2)18-7-10(17)15-5-3-9(16)4-6-15/h3-7H2,1-2H3. The van der Waals surface area contributed by atoms with Crippen LogP contribution < -0.4 is 0 Å². The number of hydrogen-bond acceptors (Lipinski definition) is 5. The average Bonchev–Trinajstić information content (AvgIpc) is 2.68. The largest absolute Gasteiger partial charge is 0.341 e. The van der Waals surface area contributed by atoms with Crippen LogP contribution in [0.3, 0.4) is 0 Å². The molecule has 0 saturated carbocycles. The molecule has 1 saturated heterocycles. The van der Waals surface area contributed by atoms with Gasteiger partial charge in [-0.2, -0.15) is 0 Å². The van der Waals surface area contributed by atoms with E-state index in [4.69, 9.17) is 0 Å². The molecule has 0 bridgehead atoms. The molecule has 0 spiro atoms. The molecule has 0 aromatic carbocycles. The molecule has 0 unspecified atom stereocenters. The Morgan fingerprint density at radius 3 is 2.56 bits per heavy atom. The fraction of sp³-hybridized carbons (Fsp3) is 0.636. The monoisotopic (exact) mass is 268 g/mol. The van der Waals surface area contributed by atoms with E-state index in [0.29, 0.717) is 31.7 Å². The highest BCUT2D eigenvalue weighted by atomic mass is 32.2. The molecule has 0 aliphatic carbocycles. The number of likely N-dealkylation sites (tertiary alicyclic amines) is 1. The quantitative estimate of drug-likeness (QED) is 0.743. The van der Waals surface area contributed by atoms with E-state index < -0.39 is 0 Å². The van der Waals surface area contributed by atoms with Gasteiger partial charge in [-0.1, -0.05) is 11.8 Å². The summed E-state index contributed by atoms with van der Waals surface area (Å²) in [5.74, 6) is 1.48. The number of aryl methyl sites for hydroxylation is 1. The normalized spacial score (nSPS) is 16.1. The Hall–Kier alpha value is -1.37. The van der Waals surface area contributed by atoms with E-state index in [0.717, 1.165) is 11.0 Å². The fourth-order valence-electron chi connectivity index (χ4n) is 1.74. The van der Waals surface area contributed by atoms with E-state index >= 15 is 0 Å². The van der Waals surface area contributed by atoms with Crippen LogP contribution in [0.4, 0.5) is 0 Å². The van der Waals surface area contributed by atoms with Crippen molar-refractivity contribution >= 4 is 23.5 Å². The SMILES string of the molecule is Cc1nnc(SCC(=O)N2CCC(=O)CC2)n1C. The van der Waals surface area contributed by atoms with Crippen molar-refractivity contribution in [2.24, 2.45) is 7.05 Å². The van der Waals surface area contributed by atoms with Gasteiger partial charge in [-0.05, 0) is 6.92 Å². The molecule has 1 fully saturated rings. The molecule has 1 aliphatic heterocycles. The molecule has 1 amide bonds.